The molecule has 0 spiro atoms. The lowest BCUT2D eigenvalue weighted by Gasteiger charge is -2.21. The fraction of sp³-hybridized carbons (Fsp3) is 0.805. The highest BCUT2D eigenvalue weighted by atomic mass is 19.1. The van der Waals surface area contributed by atoms with Gasteiger partial charge < -0.3 is 14.4 Å². The number of carbonyl (C=O) groups is 3. The maximum Gasteiger partial charge on any atom is 0.310 e. The lowest BCUT2D eigenvalue weighted by Crippen LogP contribution is -2.33. The van der Waals surface area contributed by atoms with Crippen molar-refractivity contribution < 1.29 is 28.2 Å². The van der Waals surface area contributed by atoms with Gasteiger partial charge in [-0.25, -0.2) is 4.39 Å². The van der Waals surface area contributed by atoms with Gasteiger partial charge in [0.25, 0.3) is 0 Å². The third-order valence-electron chi connectivity index (χ3n) is 10.6. The van der Waals surface area contributed by atoms with Crippen LogP contribution in [0.3, 0.4) is 0 Å². The van der Waals surface area contributed by atoms with Gasteiger partial charge in [-0.2, -0.15) is 0 Å². The molecule has 4 rings (SSSR count). The smallest absolute Gasteiger partial charge is 0.310 e. The summed E-state index contributed by atoms with van der Waals surface area (Å²) in [5, 5.41) is 0. The standard InChI is InChI=1S/C11H15F.C11H16.C8H16.C7H15NO.C7H16O.C7H14.C6H12O2.C6H12O.C5H12.9CH4/c1-11(2,3)8-9-4-6-10(12)7-5-9;1-11(2,3)9-10-7-5-4-6-8-10;1-8(2,3)6-7-4-5-7;1-7(2,3)6(9)8(4)5;1-7(2,3)5-6-8-4;1-7(2,3)6-4-5-6;1-6(2,3)5(7)8-4;1-5(7)6(2,3)4;1-5(2,3)4;;;;;;;;;/h4-7H,8H2,1-3H3;4-8H,9H2,1-3H3;7H,4-6H2,1-3H3;1-5H3;5-6H2,1-4H3;6H,4-5H2,1-3H3;1-4H3;1-4H3;1-4H3;9*1H4. The van der Waals surface area contributed by atoms with Crippen molar-refractivity contribution in [3.8, 4) is 0 Å². The molecule has 0 heterocycles. The predicted octanol–water partition coefficient (Wildman–Crippen LogP) is 25.8. The SMILES string of the molecule is C.C.C.C.C.C.C.C.C.CC(=O)C(C)(C)C.CC(C)(C)C.CC(C)(C)C1CC1.CC(C)(C)CC1CC1.CC(C)(C)Cc1ccc(F)cc1.CC(C)(C)Cc1ccccc1.CN(C)C(=O)C(C)(C)C.COC(=O)C(C)(C)C.COCCC(C)(C)C. The lowest BCUT2D eigenvalue weighted by atomic mass is 9.88. The fourth-order valence-electron chi connectivity index (χ4n) is 5.95. The largest absolute Gasteiger partial charge is 0.469 e. The first kappa shape index (κ1) is 115. The molecule has 0 unspecified atom stereocenters. The van der Waals surface area contributed by atoms with Crippen molar-refractivity contribution in [1.82, 2.24) is 4.90 Å². The number of hydrogen-bond donors (Lipinski definition) is 0. The quantitative estimate of drug-likeness (QED) is 0.279. The molecule has 2 aromatic carbocycles. The zero-order valence-corrected chi connectivity index (χ0v) is 56.1. The van der Waals surface area contributed by atoms with Gasteiger partial charge >= 0.3 is 5.97 Å². The van der Waals surface area contributed by atoms with E-state index in [0.717, 1.165) is 37.7 Å². The number of Topliss-reactive ketones (excluding diaryl/α,β-unsaturated/α-hetero) is 1. The van der Waals surface area contributed by atoms with Crippen molar-refractivity contribution in [3.05, 3.63) is 71.5 Å². The van der Waals surface area contributed by atoms with Crippen LogP contribution in [0, 0.1) is 66.4 Å². The topological polar surface area (TPSA) is 72.9 Å². The monoisotopic (exact) mass is 1200 g/mol. The minimum Gasteiger partial charge on any atom is -0.469 e. The average Bonchev–Trinajstić information content (AvgIpc) is 4.12. The highest BCUT2D eigenvalue weighted by Crippen LogP contribution is 2.44. The summed E-state index contributed by atoms with van der Waals surface area (Å²) in [4.78, 5) is 33.8. The van der Waals surface area contributed by atoms with Crippen LogP contribution < -0.4 is 0 Å². The van der Waals surface area contributed by atoms with Gasteiger partial charge in [0.15, 0.2) is 0 Å². The summed E-state index contributed by atoms with van der Waals surface area (Å²) in [5.41, 5.74) is 4.71. The summed E-state index contributed by atoms with van der Waals surface area (Å²) >= 11 is 0. The number of rotatable bonds is 5. The summed E-state index contributed by atoms with van der Waals surface area (Å²) < 4.78 is 21.9. The van der Waals surface area contributed by atoms with Gasteiger partial charge in [-0.1, -0.05) is 295 Å². The Labute approximate surface area is 534 Å². The number of amides is 1. The molecule has 6 nitrogen and oxygen atoms in total. The molecule has 1 amide bonds. The molecule has 514 valence electrons. The summed E-state index contributed by atoms with van der Waals surface area (Å²) in [6.07, 6.45) is 10.7. The molecule has 0 radical (unpaired) electrons. The van der Waals surface area contributed by atoms with Crippen LogP contribution in [0.15, 0.2) is 54.6 Å². The third-order valence-corrected chi connectivity index (χ3v) is 10.6. The van der Waals surface area contributed by atoms with Crippen LogP contribution in [0.25, 0.3) is 0 Å². The van der Waals surface area contributed by atoms with Crippen molar-refractivity contribution in [2.24, 2.45) is 60.6 Å². The van der Waals surface area contributed by atoms with Crippen molar-refractivity contribution >= 4 is 17.7 Å². The molecule has 7 heteroatoms. The molecule has 0 aromatic heterocycles. The highest BCUT2D eigenvalue weighted by Gasteiger charge is 2.33. The Morgan fingerprint density at radius 2 is 0.798 bits per heavy atom. The normalized spacial score (nSPS) is 12.2. The summed E-state index contributed by atoms with van der Waals surface area (Å²) in [7, 11) is 6.68. The predicted molar refractivity (Wildman–Crippen MR) is 390 cm³/mol. The lowest BCUT2D eigenvalue weighted by molar-refractivity contribution is -0.149. The number of ether oxygens (including phenoxy) is 2. The molecule has 2 fully saturated rings. The number of halogens is 1. The van der Waals surface area contributed by atoms with Crippen LogP contribution in [-0.2, 0) is 36.7 Å². The van der Waals surface area contributed by atoms with Crippen molar-refractivity contribution in [1.29, 1.82) is 0 Å². The number of ketones is 1. The average molecular weight is 1200 g/mol. The zero-order valence-electron chi connectivity index (χ0n) is 56.1. The van der Waals surface area contributed by atoms with E-state index in [1.165, 1.54) is 62.5 Å². The molecule has 2 aliphatic rings. The summed E-state index contributed by atoms with van der Waals surface area (Å²) in [6.45, 7) is 62.1. The van der Waals surface area contributed by atoms with E-state index in [9.17, 15) is 18.8 Å². The highest BCUT2D eigenvalue weighted by molar-refractivity contribution is 5.81. The summed E-state index contributed by atoms with van der Waals surface area (Å²) in [5.74, 6) is 2.22. The van der Waals surface area contributed by atoms with Gasteiger partial charge in [0.1, 0.15) is 11.6 Å². The molecule has 0 N–H and O–H groups in total. The van der Waals surface area contributed by atoms with Gasteiger partial charge in [-0.15, -0.1) is 0 Å². The second-order valence-electron chi connectivity index (χ2n) is 31.7. The van der Waals surface area contributed by atoms with Gasteiger partial charge in [0.2, 0.25) is 5.91 Å². The van der Waals surface area contributed by atoms with Gasteiger partial charge in [0.05, 0.1) is 12.5 Å². The number of esters is 1. The first-order chi connectivity index (χ1) is 33.1. The van der Waals surface area contributed by atoms with Crippen LogP contribution in [-0.4, -0.2) is 57.5 Å². The Bertz CT molecular complexity index is 1740. The van der Waals surface area contributed by atoms with E-state index in [0.29, 0.717) is 27.1 Å². The van der Waals surface area contributed by atoms with E-state index in [1.54, 1.807) is 33.0 Å². The first-order valence-corrected chi connectivity index (χ1v) is 28.2. The summed E-state index contributed by atoms with van der Waals surface area (Å²) in [6, 6.07) is 17.4. The molecule has 0 saturated heterocycles. The van der Waals surface area contributed by atoms with Gasteiger partial charge in [0, 0.05) is 38.6 Å². The molecule has 0 atom stereocenters. The Hall–Kier alpha value is -3.06. The number of benzene rings is 2. The molecular weight excluding hydrogens is 1040 g/mol. The zero-order chi connectivity index (χ0) is 60.8. The van der Waals surface area contributed by atoms with E-state index >= 15 is 0 Å². The molecule has 0 bridgehead atoms. The molecule has 2 saturated carbocycles. The van der Waals surface area contributed by atoms with E-state index in [4.69, 9.17) is 4.74 Å². The Kier molecular flexibility index (Phi) is 71.4. The van der Waals surface area contributed by atoms with Crippen LogP contribution >= 0.6 is 0 Å². The number of hydrogen-bond acceptors (Lipinski definition) is 5. The van der Waals surface area contributed by atoms with Crippen LogP contribution in [0.4, 0.5) is 4.39 Å². The molecular formula is C77H164FNO5. The fourth-order valence-corrected chi connectivity index (χ4v) is 5.95. The van der Waals surface area contributed by atoms with E-state index in [2.05, 4.69) is 167 Å². The van der Waals surface area contributed by atoms with E-state index < -0.39 is 0 Å². The van der Waals surface area contributed by atoms with Crippen molar-refractivity contribution in [3.63, 3.8) is 0 Å². The minimum atomic E-state index is -0.352. The maximum absolute atomic E-state index is 12.5. The second-order valence-corrected chi connectivity index (χ2v) is 31.7. The van der Waals surface area contributed by atoms with Crippen LogP contribution in [0.2, 0.25) is 0 Å². The number of carbonyl (C=O) groups excluding carboxylic acids is 3. The van der Waals surface area contributed by atoms with Crippen molar-refractivity contribution in [2.45, 2.75) is 319 Å². The van der Waals surface area contributed by atoms with E-state index in [1.807, 2.05) is 74.4 Å². The Balaban J connectivity index is -0.0000000544. The third kappa shape index (κ3) is 95.3. The minimum absolute atomic E-state index is 0. The van der Waals surface area contributed by atoms with Gasteiger partial charge in [-0.05, 0) is 134 Å². The maximum atomic E-state index is 12.5. The first-order valence-electron chi connectivity index (χ1n) is 28.2. The number of nitrogens with zero attached hydrogens (tertiary/aromatic N) is 1. The molecule has 2 aliphatic carbocycles. The van der Waals surface area contributed by atoms with Crippen molar-refractivity contribution in [2.75, 3.05) is 34.9 Å². The molecule has 2 aromatic rings. The Morgan fingerprint density at radius 1 is 0.476 bits per heavy atom. The number of methoxy groups -OCH3 is 2. The van der Waals surface area contributed by atoms with Crippen LogP contribution in [0.1, 0.15) is 317 Å². The second kappa shape index (κ2) is 51.9. The van der Waals surface area contributed by atoms with Gasteiger partial charge in [-0.3, -0.25) is 14.4 Å². The Morgan fingerprint density at radius 3 is 0.929 bits per heavy atom. The van der Waals surface area contributed by atoms with E-state index in [-0.39, 0.29) is 112 Å². The molecule has 0 aliphatic heterocycles. The molecule has 84 heavy (non-hydrogen) atoms. The van der Waals surface area contributed by atoms with Crippen LogP contribution in [0.5, 0.6) is 0 Å².